The van der Waals surface area contributed by atoms with Crippen LogP contribution in [0.4, 0.5) is 0 Å². The molecule has 0 N–H and O–H groups in total. The van der Waals surface area contributed by atoms with Crippen LogP contribution in [0.5, 0.6) is 0 Å². The molecular formula is C18H22N4O2. The number of amides is 1. The standard InChI is InChI=1S/C18H22N4O2/c1-11-9-16(24-21-11)14-10-19-12(2)20-17(14)15-7-4-8-22(15)18(23)13-5-3-6-13/h9-10,13,15H,3-8H2,1-2H3. The fraction of sp³-hybridized carbons (Fsp3) is 0.556. The number of nitrogens with zero attached hydrogens (tertiary/aromatic N) is 4. The average Bonchev–Trinajstić information content (AvgIpc) is 3.14. The van der Waals surface area contributed by atoms with E-state index in [0.717, 1.165) is 49.2 Å². The first-order valence-corrected chi connectivity index (χ1v) is 8.71. The summed E-state index contributed by atoms with van der Waals surface area (Å²) in [6, 6.07) is 1.91. The summed E-state index contributed by atoms with van der Waals surface area (Å²) in [6.45, 7) is 4.59. The summed E-state index contributed by atoms with van der Waals surface area (Å²) in [5.74, 6) is 1.89. The number of aromatic nitrogens is 3. The normalized spacial score (nSPS) is 21.1. The van der Waals surface area contributed by atoms with Crippen LogP contribution in [0.3, 0.4) is 0 Å². The van der Waals surface area contributed by atoms with Gasteiger partial charge < -0.3 is 9.42 Å². The van der Waals surface area contributed by atoms with Gasteiger partial charge in [0, 0.05) is 24.7 Å². The minimum atomic E-state index is 0.0141. The minimum absolute atomic E-state index is 0.0141. The number of carbonyl (C=O) groups is 1. The Kier molecular flexibility index (Phi) is 3.82. The lowest BCUT2D eigenvalue weighted by Crippen LogP contribution is -2.38. The maximum atomic E-state index is 12.8. The maximum absolute atomic E-state index is 12.8. The van der Waals surface area contributed by atoms with Crippen LogP contribution < -0.4 is 0 Å². The molecular weight excluding hydrogens is 304 g/mol. The van der Waals surface area contributed by atoms with E-state index in [1.165, 1.54) is 6.42 Å². The molecule has 1 amide bonds. The third-order valence-electron chi connectivity index (χ3n) is 5.14. The van der Waals surface area contributed by atoms with Gasteiger partial charge in [0.25, 0.3) is 0 Å². The largest absolute Gasteiger partial charge is 0.356 e. The highest BCUT2D eigenvalue weighted by Crippen LogP contribution is 2.39. The van der Waals surface area contributed by atoms with Crippen molar-refractivity contribution in [2.75, 3.05) is 6.54 Å². The van der Waals surface area contributed by atoms with Crippen molar-refractivity contribution in [2.45, 2.75) is 52.0 Å². The van der Waals surface area contributed by atoms with Crippen molar-refractivity contribution in [2.24, 2.45) is 5.92 Å². The molecule has 1 saturated heterocycles. The molecule has 0 aromatic carbocycles. The molecule has 1 unspecified atom stereocenters. The zero-order valence-corrected chi connectivity index (χ0v) is 14.2. The number of hydrogen-bond acceptors (Lipinski definition) is 5. The second kappa shape index (κ2) is 6.00. The van der Waals surface area contributed by atoms with Gasteiger partial charge >= 0.3 is 0 Å². The van der Waals surface area contributed by atoms with E-state index >= 15 is 0 Å². The lowest BCUT2D eigenvalue weighted by Gasteiger charge is -2.33. The van der Waals surface area contributed by atoms with Gasteiger partial charge in [0.1, 0.15) is 5.82 Å². The van der Waals surface area contributed by atoms with Crippen molar-refractivity contribution < 1.29 is 9.32 Å². The summed E-state index contributed by atoms with van der Waals surface area (Å²) in [5.41, 5.74) is 2.56. The number of likely N-dealkylation sites (tertiary alicyclic amines) is 1. The zero-order chi connectivity index (χ0) is 16.7. The van der Waals surface area contributed by atoms with Gasteiger partial charge in [0.05, 0.1) is 23.0 Å². The van der Waals surface area contributed by atoms with Crippen molar-refractivity contribution >= 4 is 5.91 Å². The molecule has 2 aliphatic rings. The van der Waals surface area contributed by atoms with Gasteiger partial charge in [-0.15, -0.1) is 0 Å². The third kappa shape index (κ3) is 2.60. The average molecular weight is 326 g/mol. The Morgan fingerprint density at radius 1 is 1.25 bits per heavy atom. The van der Waals surface area contributed by atoms with Gasteiger partial charge in [-0.1, -0.05) is 11.6 Å². The Morgan fingerprint density at radius 3 is 2.75 bits per heavy atom. The summed E-state index contributed by atoms with van der Waals surface area (Å²) in [7, 11) is 0. The van der Waals surface area contributed by atoms with Crippen LogP contribution in [0.2, 0.25) is 0 Å². The molecule has 0 bridgehead atoms. The predicted octanol–water partition coefficient (Wildman–Crippen LogP) is 3.21. The number of carbonyl (C=O) groups excluding carboxylic acids is 1. The first kappa shape index (κ1) is 15.3. The first-order valence-electron chi connectivity index (χ1n) is 8.71. The smallest absolute Gasteiger partial charge is 0.226 e. The van der Waals surface area contributed by atoms with Crippen molar-refractivity contribution in [3.63, 3.8) is 0 Å². The van der Waals surface area contributed by atoms with Gasteiger partial charge in [0.2, 0.25) is 5.91 Å². The fourth-order valence-corrected chi connectivity index (χ4v) is 3.63. The number of hydrogen-bond donors (Lipinski definition) is 0. The van der Waals surface area contributed by atoms with E-state index < -0.39 is 0 Å². The predicted molar refractivity (Wildman–Crippen MR) is 88.0 cm³/mol. The summed E-state index contributed by atoms with van der Waals surface area (Å²) in [4.78, 5) is 23.8. The molecule has 6 nitrogen and oxygen atoms in total. The van der Waals surface area contributed by atoms with E-state index in [2.05, 4.69) is 15.1 Å². The molecule has 126 valence electrons. The van der Waals surface area contributed by atoms with Crippen molar-refractivity contribution in [1.29, 1.82) is 0 Å². The van der Waals surface area contributed by atoms with Gasteiger partial charge in [-0.3, -0.25) is 4.79 Å². The van der Waals surface area contributed by atoms with Crippen molar-refractivity contribution in [3.05, 3.63) is 29.5 Å². The van der Waals surface area contributed by atoms with Crippen LogP contribution in [0, 0.1) is 19.8 Å². The fourth-order valence-electron chi connectivity index (χ4n) is 3.63. The first-order chi connectivity index (χ1) is 11.6. The highest BCUT2D eigenvalue weighted by atomic mass is 16.5. The third-order valence-corrected chi connectivity index (χ3v) is 5.14. The van der Waals surface area contributed by atoms with E-state index in [4.69, 9.17) is 4.52 Å². The number of aryl methyl sites for hydroxylation is 2. The lowest BCUT2D eigenvalue weighted by atomic mass is 9.84. The highest BCUT2D eigenvalue weighted by molar-refractivity contribution is 5.80. The Bertz CT molecular complexity index is 766. The summed E-state index contributed by atoms with van der Waals surface area (Å²) in [5, 5.41) is 3.98. The quantitative estimate of drug-likeness (QED) is 0.866. The monoisotopic (exact) mass is 326 g/mol. The topological polar surface area (TPSA) is 72.1 Å². The molecule has 6 heteroatoms. The van der Waals surface area contributed by atoms with E-state index in [1.807, 2.05) is 24.8 Å². The summed E-state index contributed by atoms with van der Waals surface area (Å²) in [6.07, 6.45) is 6.97. The zero-order valence-electron chi connectivity index (χ0n) is 14.2. The molecule has 3 heterocycles. The van der Waals surface area contributed by atoms with Crippen molar-refractivity contribution in [1.82, 2.24) is 20.0 Å². The Labute approximate surface area is 141 Å². The molecule has 1 saturated carbocycles. The van der Waals surface area contributed by atoms with Gasteiger partial charge in [0.15, 0.2) is 5.76 Å². The molecule has 1 atom stereocenters. The van der Waals surface area contributed by atoms with Gasteiger partial charge in [-0.05, 0) is 39.5 Å². The van der Waals surface area contributed by atoms with Crippen molar-refractivity contribution in [3.8, 4) is 11.3 Å². The second-order valence-electron chi connectivity index (χ2n) is 6.87. The Morgan fingerprint density at radius 2 is 2.08 bits per heavy atom. The summed E-state index contributed by atoms with van der Waals surface area (Å²) >= 11 is 0. The van der Waals surface area contributed by atoms with Crippen LogP contribution in [-0.4, -0.2) is 32.5 Å². The van der Waals surface area contributed by atoms with E-state index in [-0.39, 0.29) is 12.0 Å². The second-order valence-corrected chi connectivity index (χ2v) is 6.87. The Hall–Kier alpha value is -2.24. The molecule has 2 aromatic rings. The van der Waals surface area contributed by atoms with E-state index in [0.29, 0.717) is 17.5 Å². The SMILES string of the molecule is Cc1cc(-c2cnc(C)nc2C2CCCN2C(=O)C2CCC2)on1. The van der Waals surface area contributed by atoms with Crippen LogP contribution in [0.1, 0.15) is 55.4 Å². The molecule has 4 rings (SSSR count). The van der Waals surface area contributed by atoms with Crippen LogP contribution in [0.25, 0.3) is 11.3 Å². The molecule has 24 heavy (non-hydrogen) atoms. The molecule has 0 spiro atoms. The highest BCUT2D eigenvalue weighted by Gasteiger charge is 2.38. The summed E-state index contributed by atoms with van der Waals surface area (Å²) < 4.78 is 5.43. The van der Waals surface area contributed by atoms with Crippen LogP contribution >= 0.6 is 0 Å². The molecule has 2 fully saturated rings. The minimum Gasteiger partial charge on any atom is -0.356 e. The number of rotatable bonds is 3. The van der Waals surface area contributed by atoms with Gasteiger partial charge in [-0.25, -0.2) is 9.97 Å². The van der Waals surface area contributed by atoms with E-state index in [9.17, 15) is 4.79 Å². The maximum Gasteiger partial charge on any atom is 0.226 e. The van der Waals surface area contributed by atoms with Crippen LogP contribution in [-0.2, 0) is 4.79 Å². The van der Waals surface area contributed by atoms with Crippen LogP contribution in [0.15, 0.2) is 16.8 Å². The molecule has 1 aliphatic heterocycles. The van der Waals surface area contributed by atoms with E-state index in [1.54, 1.807) is 6.20 Å². The Balaban J connectivity index is 1.71. The molecule has 0 radical (unpaired) electrons. The molecule has 1 aliphatic carbocycles. The molecule has 2 aromatic heterocycles. The lowest BCUT2D eigenvalue weighted by molar-refractivity contribution is -0.139. The van der Waals surface area contributed by atoms with Gasteiger partial charge in [-0.2, -0.15) is 0 Å².